The third kappa shape index (κ3) is 3.08. The molecule has 8 nitrogen and oxygen atoms in total. The summed E-state index contributed by atoms with van der Waals surface area (Å²) in [7, 11) is 0. The molecule has 0 aromatic heterocycles. The number of carbonyl (C=O) groups excluding carboxylic acids is 4. The van der Waals surface area contributed by atoms with E-state index in [1.807, 2.05) is 55.5 Å². The van der Waals surface area contributed by atoms with Crippen molar-refractivity contribution in [2.24, 2.45) is 17.6 Å². The second-order valence-corrected chi connectivity index (χ2v) is 8.94. The predicted octanol–water partition coefficient (Wildman–Crippen LogP) is 1.09. The van der Waals surface area contributed by atoms with Crippen LogP contribution in [0.25, 0.3) is 0 Å². The average Bonchev–Trinajstić information content (AvgIpc) is 3.37. The first kappa shape index (κ1) is 21.3. The molecule has 2 saturated heterocycles. The van der Waals surface area contributed by atoms with Gasteiger partial charge >= 0.3 is 0 Å². The van der Waals surface area contributed by atoms with E-state index >= 15 is 0 Å². The lowest BCUT2D eigenvalue weighted by molar-refractivity contribution is -0.142. The highest BCUT2D eigenvalue weighted by Crippen LogP contribution is 2.53. The molecule has 2 aromatic carbocycles. The minimum atomic E-state index is -1.40. The van der Waals surface area contributed by atoms with Crippen LogP contribution in [0.15, 0.2) is 48.5 Å². The van der Waals surface area contributed by atoms with Crippen molar-refractivity contribution in [3.8, 4) is 0 Å². The summed E-state index contributed by atoms with van der Waals surface area (Å²) in [6.07, 6.45) is 1.08. The van der Waals surface area contributed by atoms with Crippen LogP contribution in [-0.2, 0) is 37.6 Å². The fourth-order valence-corrected chi connectivity index (χ4v) is 5.74. The second-order valence-electron chi connectivity index (χ2n) is 8.94. The summed E-state index contributed by atoms with van der Waals surface area (Å²) in [6, 6.07) is 14.5. The number of anilines is 1. The maximum Gasteiger partial charge on any atom is 0.250 e. The molecule has 4 amide bonds. The van der Waals surface area contributed by atoms with Crippen molar-refractivity contribution < 1.29 is 19.2 Å². The largest absolute Gasteiger partial charge is 0.370 e. The molecule has 0 bridgehead atoms. The SMILES string of the molecule is CCc1cccc2c1NC(=O)C21NC(CC(N)=O)[C@H]2C(=O)N(CCc3ccccc3)C(=O)[C@H]21. The standard InChI is InChI=1S/C25H26N4O4/c1-2-15-9-6-10-16-21(15)27-24(33)25(16)20-19(17(28-25)13-18(26)30)22(31)29(23(20)32)12-11-14-7-4-3-5-8-14/h3-10,17,19-20,28H,2,11-13H2,1H3,(H2,26,30)(H,27,33)/t17?,19-,20+,25?/m1/s1. The summed E-state index contributed by atoms with van der Waals surface area (Å²) < 4.78 is 0. The molecule has 170 valence electrons. The molecule has 3 heterocycles. The van der Waals surface area contributed by atoms with Gasteiger partial charge in [0, 0.05) is 30.3 Å². The Morgan fingerprint density at radius 3 is 2.52 bits per heavy atom. The fraction of sp³-hybridized carbons (Fsp3) is 0.360. The number of para-hydroxylation sites is 1. The summed E-state index contributed by atoms with van der Waals surface area (Å²) in [5.41, 5.74) is 7.36. The van der Waals surface area contributed by atoms with Gasteiger partial charge < -0.3 is 11.1 Å². The third-order valence-corrected chi connectivity index (χ3v) is 7.20. The molecule has 2 aromatic rings. The Morgan fingerprint density at radius 1 is 1.06 bits per heavy atom. The van der Waals surface area contributed by atoms with Gasteiger partial charge in [0.15, 0.2) is 0 Å². The van der Waals surface area contributed by atoms with E-state index in [0.717, 1.165) is 11.1 Å². The minimum absolute atomic E-state index is 0.134. The molecular weight excluding hydrogens is 420 g/mol. The lowest BCUT2D eigenvalue weighted by Crippen LogP contribution is -2.53. The number of fused-ring (bicyclic) bond motifs is 4. The Balaban J connectivity index is 1.56. The highest BCUT2D eigenvalue weighted by atomic mass is 16.2. The summed E-state index contributed by atoms with van der Waals surface area (Å²) in [4.78, 5) is 53.7. The van der Waals surface area contributed by atoms with Crippen LogP contribution in [-0.4, -0.2) is 41.1 Å². The minimum Gasteiger partial charge on any atom is -0.370 e. The van der Waals surface area contributed by atoms with E-state index in [2.05, 4.69) is 10.6 Å². The van der Waals surface area contributed by atoms with Crippen molar-refractivity contribution in [2.75, 3.05) is 11.9 Å². The van der Waals surface area contributed by atoms with Gasteiger partial charge in [-0.1, -0.05) is 55.5 Å². The van der Waals surface area contributed by atoms with Crippen molar-refractivity contribution in [1.82, 2.24) is 10.2 Å². The van der Waals surface area contributed by atoms with Gasteiger partial charge in [-0.25, -0.2) is 0 Å². The number of likely N-dealkylation sites (tertiary alicyclic amines) is 1. The number of benzene rings is 2. The van der Waals surface area contributed by atoms with Gasteiger partial charge in [0.25, 0.3) is 0 Å². The van der Waals surface area contributed by atoms with E-state index in [-0.39, 0.29) is 30.7 Å². The Hall–Kier alpha value is -3.52. The lowest BCUT2D eigenvalue weighted by Gasteiger charge is -2.29. The van der Waals surface area contributed by atoms with Crippen LogP contribution >= 0.6 is 0 Å². The van der Waals surface area contributed by atoms with E-state index in [0.29, 0.717) is 24.1 Å². The number of hydrogen-bond donors (Lipinski definition) is 3. The second kappa shape index (κ2) is 7.81. The molecule has 0 saturated carbocycles. The highest BCUT2D eigenvalue weighted by Gasteiger charge is 2.70. The maximum absolute atomic E-state index is 13.7. The van der Waals surface area contributed by atoms with Crippen molar-refractivity contribution in [1.29, 1.82) is 0 Å². The number of nitrogens with zero attached hydrogens (tertiary/aromatic N) is 1. The Kier molecular flexibility index (Phi) is 5.05. The van der Waals surface area contributed by atoms with Crippen molar-refractivity contribution in [3.05, 3.63) is 65.2 Å². The monoisotopic (exact) mass is 446 g/mol. The van der Waals surface area contributed by atoms with Crippen LogP contribution in [0.1, 0.15) is 30.0 Å². The first-order chi connectivity index (χ1) is 15.9. The van der Waals surface area contributed by atoms with Crippen molar-refractivity contribution >= 4 is 29.3 Å². The quantitative estimate of drug-likeness (QED) is 0.574. The zero-order valence-electron chi connectivity index (χ0n) is 18.3. The zero-order valence-corrected chi connectivity index (χ0v) is 18.3. The van der Waals surface area contributed by atoms with Gasteiger partial charge in [0.05, 0.1) is 11.8 Å². The molecule has 33 heavy (non-hydrogen) atoms. The van der Waals surface area contributed by atoms with Crippen LogP contribution in [0.3, 0.4) is 0 Å². The number of nitrogens with two attached hydrogens (primary N) is 1. The van der Waals surface area contributed by atoms with Gasteiger partial charge in [-0.3, -0.25) is 29.4 Å². The molecule has 2 fully saturated rings. The smallest absolute Gasteiger partial charge is 0.250 e. The summed E-state index contributed by atoms with van der Waals surface area (Å²) in [5.74, 6) is -3.46. The van der Waals surface area contributed by atoms with Crippen LogP contribution in [0.5, 0.6) is 0 Å². The van der Waals surface area contributed by atoms with Gasteiger partial charge in [0.2, 0.25) is 23.6 Å². The van der Waals surface area contributed by atoms with Gasteiger partial charge in [-0.05, 0) is 24.0 Å². The first-order valence-corrected chi connectivity index (χ1v) is 11.3. The zero-order chi connectivity index (χ0) is 23.3. The molecule has 4 atom stereocenters. The Labute approximate surface area is 191 Å². The Morgan fingerprint density at radius 2 is 1.82 bits per heavy atom. The molecule has 2 unspecified atom stereocenters. The molecule has 4 N–H and O–H groups in total. The van der Waals surface area contributed by atoms with Gasteiger partial charge in [0.1, 0.15) is 5.54 Å². The third-order valence-electron chi connectivity index (χ3n) is 7.20. The van der Waals surface area contributed by atoms with E-state index in [9.17, 15) is 19.2 Å². The number of amides is 4. The van der Waals surface area contributed by atoms with E-state index in [4.69, 9.17) is 5.73 Å². The average molecular weight is 447 g/mol. The molecule has 3 aliphatic heterocycles. The lowest BCUT2D eigenvalue weighted by atomic mass is 9.76. The normalized spacial score (nSPS) is 27.7. The molecule has 0 radical (unpaired) electrons. The van der Waals surface area contributed by atoms with Gasteiger partial charge in [-0.15, -0.1) is 0 Å². The van der Waals surface area contributed by atoms with Crippen molar-refractivity contribution in [3.63, 3.8) is 0 Å². The topological polar surface area (TPSA) is 122 Å². The maximum atomic E-state index is 13.7. The van der Waals surface area contributed by atoms with Crippen LogP contribution in [0.4, 0.5) is 5.69 Å². The molecule has 3 aliphatic rings. The number of primary amides is 1. The summed E-state index contributed by atoms with van der Waals surface area (Å²) in [5, 5.41) is 6.18. The van der Waals surface area contributed by atoms with Crippen LogP contribution in [0, 0.1) is 11.8 Å². The number of carbonyl (C=O) groups is 4. The molecule has 8 heteroatoms. The van der Waals surface area contributed by atoms with Crippen molar-refractivity contribution in [2.45, 2.75) is 37.8 Å². The molecule has 1 spiro atoms. The molecule has 5 rings (SSSR count). The number of rotatable bonds is 6. The molecular formula is C25H26N4O4. The van der Waals surface area contributed by atoms with Gasteiger partial charge in [-0.2, -0.15) is 0 Å². The van der Waals surface area contributed by atoms with E-state index in [1.165, 1.54) is 4.90 Å². The van der Waals surface area contributed by atoms with E-state index < -0.39 is 29.3 Å². The van der Waals surface area contributed by atoms with Crippen LogP contribution in [0.2, 0.25) is 0 Å². The number of imide groups is 1. The number of aryl methyl sites for hydroxylation is 1. The summed E-state index contributed by atoms with van der Waals surface area (Å²) >= 11 is 0. The highest BCUT2D eigenvalue weighted by molar-refractivity contribution is 6.15. The summed E-state index contributed by atoms with van der Waals surface area (Å²) in [6.45, 7) is 2.21. The first-order valence-electron chi connectivity index (χ1n) is 11.3. The Bertz CT molecular complexity index is 1160. The van der Waals surface area contributed by atoms with E-state index in [1.54, 1.807) is 0 Å². The predicted molar refractivity (Wildman–Crippen MR) is 121 cm³/mol. The fourth-order valence-electron chi connectivity index (χ4n) is 5.74. The van der Waals surface area contributed by atoms with Crippen LogP contribution < -0.4 is 16.4 Å². The number of nitrogens with one attached hydrogen (secondary N) is 2. The molecule has 0 aliphatic carbocycles. The number of hydrogen-bond acceptors (Lipinski definition) is 5.